The maximum absolute atomic E-state index is 12.5. The molecule has 2 heterocycles. The highest BCUT2D eigenvalue weighted by Crippen LogP contribution is 2.36. The first-order valence-corrected chi connectivity index (χ1v) is 10.4. The summed E-state index contributed by atoms with van der Waals surface area (Å²) in [6.07, 6.45) is -0.805. The molecule has 8 heteroatoms. The summed E-state index contributed by atoms with van der Waals surface area (Å²) in [6, 6.07) is 20.7. The molecule has 4 amide bonds. The minimum absolute atomic E-state index is 0.0261. The molecule has 0 fully saturated rings. The number of benzene rings is 3. The van der Waals surface area contributed by atoms with Crippen molar-refractivity contribution in [3.63, 3.8) is 0 Å². The summed E-state index contributed by atoms with van der Waals surface area (Å²) in [7, 11) is 0. The quantitative estimate of drug-likeness (QED) is 0.591. The van der Waals surface area contributed by atoms with Crippen molar-refractivity contribution >= 4 is 35.0 Å². The lowest BCUT2D eigenvalue weighted by atomic mass is 10.1. The van der Waals surface area contributed by atoms with E-state index in [0.717, 1.165) is 10.5 Å². The number of carbonyl (C=O) groups is 4. The maximum atomic E-state index is 12.5. The number of carbonyl (C=O) groups excluding carboxylic acids is 4. The number of hydrogen-bond donors (Lipinski definition) is 2. The second-order valence-corrected chi connectivity index (χ2v) is 7.71. The van der Waals surface area contributed by atoms with E-state index >= 15 is 0 Å². The van der Waals surface area contributed by atoms with E-state index in [2.05, 4.69) is 10.6 Å². The van der Waals surface area contributed by atoms with Crippen LogP contribution in [0.15, 0.2) is 72.8 Å². The van der Waals surface area contributed by atoms with E-state index in [4.69, 9.17) is 4.74 Å². The largest absolute Gasteiger partial charge is 0.474 e. The highest BCUT2D eigenvalue weighted by molar-refractivity contribution is 6.21. The number of nitrogens with one attached hydrogen (secondary N) is 2. The minimum Gasteiger partial charge on any atom is -0.474 e. The van der Waals surface area contributed by atoms with Crippen molar-refractivity contribution in [3.05, 3.63) is 89.5 Å². The third kappa shape index (κ3) is 3.82. The zero-order valence-electron chi connectivity index (χ0n) is 17.4. The van der Waals surface area contributed by atoms with Gasteiger partial charge in [-0.3, -0.25) is 24.1 Å². The van der Waals surface area contributed by atoms with Crippen molar-refractivity contribution in [2.45, 2.75) is 12.5 Å². The zero-order valence-corrected chi connectivity index (χ0v) is 17.4. The molecule has 0 radical (unpaired) electrons. The average Bonchev–Trinajstić information content (AvgIpc) is 3.07. The minimum atomic E-state index is -0.751. The number of nitrogens with zero attached hydrogens (tertiary/aromatic N) is 1. The third-order valence-corrected chi connectivity index (χ3v) is 5.55. The fourth-order valence-corrected chi connectivity index (χ4v) is 3.91. The van der Waals surface area contributed by atoms with Crippen LogP contribution in [0.2, 0.25) is 0 Å². The van der Waals surface area contributed by atoms with Gasteiger partial charge < -0.3 is 15.4 Å². The number of anilines is 2. The topological polar surface area (TPSA) is 105 Å². The van der Waals surface area contributed by atoms with Gasteiger partial charge >= 0.3 is 0 Å². The van der Waals surface area contributed by atoms with Crippen LogP contribution in [0, 0.1) is 0 Å². The van der Waals surface area contributed by atoms with Crippen LogP contribution in [0.4, 0.5) is 11.4 Å². The van der Waals surface area contributed by atoms with Crippen molar-refractivity contribution in [1.29, 1.82) is 0 Å². The standard InChI is InChI=1S/C25H19N3O5/c29-21(12-13-28-24(31)17-8-4-5-9-18(17)25(28)32)26-16-10-11-20-19(14-16)27-23(30)22(33-20)15-6-2-1-3-7-15/h1-11,14,22H,12-13H2,(H,26,29)(H,27,30). The van der Waals surface area contributed by atoms with E-state index in [9.17, 15) is 19.2 Å². The second kappa shape index (κ2) is 8.23. The van der Waals surface area contributed by atoms with Gasteiger partial charge in [-0.25, -0.2) is 0 Å². The Morgan fingerprint density at radius 2 is 1.58 bits per heavy atom. The van der Waals surface area contributed by atoms with Crippen LogP contribution in [0.3, 0.4) is 0 Å². The normalized spacial score (nSPS) is 16.5. The molecule has 5 rings (SSSR count). The van der Waals surface area contributed by atoms with Gasteiger partial charge in [-0.1, -0.05) is 42.5 Å². The number of amides is 4. The summed E-state index contributed by atoms with van der Waals surface area (Å²) in [5, 5.41) is 5.54. The van der Waals surface area contributed by atoms with Crippen molar-refractivity contribution in [3.8, 4) is 5.75 Å². The Kier molecular flexibility index (Phi) is 5.10. The second-order valence-electron chi connectivity index (χ2n) is 7.71. The van der Waals surface area contributed by atoms with E-state index in [1.54, 1.807) is 42.5 Å². The smallest absolute Gasteiger partial charge is 0.270 e. The van der Waals surface area contributed by atoms with Gasteiger partial charge in [-0.15, -0.1) is 0 Å². The first kappa shape index (κ1) is 20.4. The Morgan fingerprint density at radius 1 is 0.909 bits per heavy atom. The molecule has 8 nitrogen and oxygen atoms in total. The zero-order chi connectivity index (χ0) is 22.9. The number of imide groups is 1. The molecule has 0 bridgehead atoms. The van der Waals surface area contributed by atoms with Crippen molar-refractivity contribution in [1.82, 2.24) is 4.90 Å². The first-order chi connectivity index (χ1) is 16.0. The van der Waals surface area contributed by atoms with Crippen molar-refractivity contribution in [2.24, 2.45) is 0 Å². The molecule has 2 aliphatic rings. The van der Waals surface area contributed by atoms with Crippen LogP contribution in [0.25, 0.3) is 0 Å². The Balaban J connectivity index is 1.22. The monoisotopic (exact) mass is 441 g/mol. The van der Waals surface area contributed by atoms with Gasteiger partial charge in [0, 0.05) is 24.2 Å². The van der Waals surface area contributed by atoms with E-state index in [1.807, 2.05) is 30.3 Å². The highest BCUT2D eigenvalue weighted by atomic mass is 16.5. The number of ether oxygens (including phenoxy) is 1. The Bertz CT molecular complexity index is 1250. The molecule has 2 aliphatic heterocycles. The SMILES string of the molecule is O=C(CCN1C(=O)c2ccccc2C1=O)Nc1ccc2c(c1)NC(=O)C(c1ccccc1)O2. The fraction of sp³-hybridized carbons (Fsp3) is 0.120. The number of hydrogen-bond acceptors (Lipinski definition) is 5. The molecular formula is C25H19N3O5. The molecule has 164 valence electrons. The molecule has 3 aromatic rings. The number of rotatable bonds is 5. The van der Waals surface area contributed by atoms with Crippen LogP contribution >= 0.6 is 0 Å². The van der Waals surface area contributed by atoms with Crippen LogP contribution < -0.4 is 15.4 Å². The average molecular weight is 441 g/mol. The molecule has 1 unspecified atom stereocenters. The molecule has 33 heavy (non-hydrogen) atoms. The van der Waals surface area contributed by atoms with E-state index < -0.39 is 17.9 Å². The summed E-state index contributed by atoms with van der Waals surface area (Å²) in [5.74, 6) is -0.970. The molecule has 0 saturated carbocycles. The summed E-state index contributed by atoms with van der Waals surface area (Å²) in [6.45, 7) is -0.0261. The van der Waals surface area contributed by atoms with Crippen LogP contribution in [-0.2, 0) is 9.59 Å². The van der Waals surface area contributed by atoms with Crippen LogP contribution in [0.5, 0.6) is 5.75 Å². The van der Waals surface area contributed by atoms with Crippen LogP contribution in [-0.4, -0.2) is 35.1 Å². The van der Waals surface area contributed by atoms with Crippen molar-refractivity contribution in [2.75, 3.05) is 17.2 Å². The fourth-order valence-electron chi connectivity index (χ4n) is 3.91. The molecule has 3 aromatic carbocycles. The predicted octanol–water partition coefficient (Wildman–Crippen LogP) is 3.38. The van der Waals surface area contributed by atoms with Gasteiger partial charge in [0.2, 0.25) is 12.0 Å². The first-order valence-electron chi connectivity index (χ1n) is 10.4. The lowest BCUT2D eigenvalue weighted by molar-refractivity contribution is -0.123. The van der Waals surface area contributed by atoms with Crippen LogP contribution in [0.1, 0.15) is 38.8 Å². The molecule has 0 spiro atoms. The van der Waals surface area contributed by atoms with Gasteiger partial charge in [-0.2, -0.15) is 0 Å². The van der Waals surface area contributed by atoms with E-state index in [0.29, 0.717) is 28.3 Å². The van der Waals surface area contributed by atoms with E-state index in [1.165, 1.54) is 0 Å². The lowest BCUT2D eigenvalue weighted by Gasteiger charge is -2.26. The van der Waals surface area contributed by atoms with Crippen molar-refractivity contribution < 1.29 is 23.9 Å². The Labute approximate surface area is 189 Å². The summed E-state index contributed by atoms with van der Waals surface area (Å²) < 4.78 is 5.85. The summed E-state index contributed by atoms with van der Waals surface area (Å²) >= 11 is 0. The molecule has 0 aliphatic carbocycles. The lowest BCUT2D eigenvalue weighted by Crippen LogP contribution is -2.33. The Morgan fingerprint density at radius 3 is 2.27 bits per heavy atom. The van der Waals surface area contributed by atoms with E-state index in [-0.39, 0.29) is 24.8 Å². The highest BCUT2D eigenvalue weighted by Gasteiger charge is 2.35. The summed E-state index contributed by atoms with van der Waals surface area (Å²) in [4.78, 5) is 50.9. The third-order valence-electron chi connectivity index (χ3n) is 5.55. The predicted molar refractivity (Wildman–Crippen MR) is 120 cm³/mol. The maximum Gasteiger partial charge on any atom is 0.270 e. The molecule has 0 aromatic heterocycles. The van der Waals surface area contributed by atoms with Gasteiger partial charge in [0.1, 0.15) is 5.75 Å². The Hall–Kier alpha value is -4.46. The van der Waals surface area contributed by atoms with Gasteiger partial charge in [0.25, 0.3) is 17.7 Å². The van der Waals surface area contributed by atoms with Gasteiger partial charge in [0.05, 0.1) is 16.8 Å². The number of fused-ring (bicyclic) bond motifs is 2. The van der Waals surface area contributed by atoms with Gasteiger partial charge in [-0.05, 0) is 30.3 Å². The molecule has 0 saturated heterocycles. The molecule has 1 atom stereocenters. The molecular weight excluding hydrogens is 422 g/mol. The molecule has 2 N–H and O–H groups in total. The van der Waals surface area contributed by atoms with Gasteiger partial charge in [0.15, 0.2) is 0 Å². The summed E-state index contributed by atoms with van der Waals surface area (Å²) in [5.41, 5.74) is 2.35.